The summed E-state index contributed by atoms with van der Waals surface area (Å²) in [6.07, 6.45) is 0.972. The summed E-state index contributed by atoms with van der Waals surface area (Å²) in [6, 6.07) is 2.78. The van der Waals surface area contributed by atoms with Gasteiger partial charge in [-0.15, -0.1) is 0 Å². The highest BCUT2D eigenvalue weighted by Crippen LogP contribution is 2.21. The quantitative estimate of drug-likeness (QED) is 0.800. The number of hydrogen-bond donors (Lipinski definition) is 0. The Bertz CT molecular complexity index is 459. The molecule has 84 valence electrons. The summed E-state index contributed by atoms with van der Waals surface area (Å²) >= 11 is 0. The predicted molar refractivity (Wildman–Crippen MR) is 54.2 cm³/mol. The van der Waals surface area contributed by atoms with Gasteiger partial charge in [-0.1, -0.05) is 0 Å². The van der Waals surface area contributed by atoms with Crippen molar-refractivity contribution in [2.75, 3.05) is 17.1 Å². The zero-order valence-electron chi connectivity index (χ0n) is 8.37. The van der Waals surface area contributed by atoms with Crippen LogP contribution in [0, 0.1) is 11.6 Å². The lowest BCUT2D eigenvalue weighted by atomic mass is 10.3. The van der Waals surface area contributed by atoms with E-state index in [1.165, 1.54) is 0 Å². The van der Waals surface area contributed by atoms with Crippen LogP contribution in [-0.4, -0.2) is 21.2 Å². The van der Waals surface area contributed by atoms with E-state index in [-0.39, 0.29) is 12.2 Å². The predicted octanol–water partition coefficient (Wildman–Crippen LogP) is 1.75. The third kappa shape index (κ3) is 2.65. The summed E-state index contributed by atoms with van der Waals surface area (Å²) in [4.78, 5) is 0. The molecule has 0 aliphatic heterocycles. The van der Waals surface area contributed by atoms with Crippen molar-refractivity contribution >= 4 is 15.7 Å². The fourth-order valence-electron chi connectivity index (χ4n) is 1.27. The van der Waals surface area contributed by atoms with Crippen LogP contribution in [0.25, 0.3) is 0 Å². The standard InChI is InChI=1S/C9H11F2NO2S/c1-3-12(15(2,13)14)9-5-4-7(10)6-8(9)11/h4-6H,3H2,1-2H3. The molecular formula is C9H11F2NO2S. The van der Waals surface area contributed by atoms with Crippen molar-refractivity contribution in [2.24, 2.45) is 0 Å². The maximum absolute atomic E-state index is 13.3. The molecule has 3 nitrogen and oxygen atoms in total. The molecule has 0 saturated carbocycles. The highest BCUT2D eigenvalue weighted by atomic mass is 32.2. The van der Waals surface area contributed by atoms with Gasteiger partial charge in [-0.05, 0) is 19.1 Å². The van der Waals surface area contributed by atoms with E-state index in [1.807, 2.05) is 0 Å². The molecule has 1 aromatic carbocycles. The lowest BCUT2D eigenvalue weighted by Crippen LogP contribution is -2.30. The highest BCUT2D eigenvalue weighted by molar-refractivity contribution is 7.92. The van der Waals surface area contributed by atoms with E-state index in [0.717, 1.165) is 22.7 Å². The van der Waals surface area contributed by atoms with E-state index >= 15 is 0 Å². The third-order valence-electron chi connectivity index (χ3n) is 1.87. The Balaban J connectivity index is 3.25. The minimum Gasteiger partial charge on any atom is -0.268 e. The molecule has 0 aliphatic rings. The second-order valence-electron chi connectivity index (χ2n) is 3.02. The lowest BCUT2D eigenvalue weighted by molar-refractivity contribution is 0.576. The summed E-state index contributed by atoms with van der Waals surface area (Å²) in [6.45, 7) is 1.67. The minimum absolute atomic E-state index is 0.0986. The molecule has 0 atom stereocenters. The number of nitrogens with zero attached hydrogens (tertiary/aromatic N) is 1. The maximum atomic E-state index is 13.3. The summed E-state index contributed by atoms with van der Waals surface area (Å²) in [5, 5.41) is 0. The zero-order chi connectivity index (χ0) is 11.6. The zero-order valence-corrected chi connectivity index (χ0v) is 9.18. The molecule has 0 spiro atoms. The number of halogens is 2. The Hall–Kier alpha value is -1.17. The third-order valence-corrected chi connectivity index (χ3v) is 3.12. The van der Waals surface area contributed by atoms with Gasteiger partial charge in [0.1, 0.15) is 11.6 Å². The number of hydrogen-bond acceptors (Lipinski definition) is 2. The molecule has 0 radical (unpaired) electrons. The van der Waals surface area contributed by atoms with Crippen LogP contribution >= 0.6 is 0 Å². The number of sulfonamides is 1. The fourth-order valence-corrected chi connectivity index (χ4v) is 2.24. The van der Waals surface area contributed by atoms with E-state index < -0.39 is 21.7 Å². The molecule has 1 rings (SSSR count). The van der Waals surface area contributed by atoms with Crippen LogP contribution in [-0.2, 0) is 10.0 Å². The second-order valence-corrected chi connectivity index (χ2v) is 4.93. The molecular weight excluding hydrogens is 224 g/mol. The van der Waals surface area contributed by atoms with E-state index in [0.29, 0.717) is 6.07 Å². The molecule has 0 N–H and O–H groups in total. The summed E-state index contributed by atoms with van der Waals surface area (Å²) in [5.74, 6) is -1.62. The van der Waals surface area contributed by atoms with Gasteiger partial charge in [0.2, 0.25) is 10.0 Å². The highest BCUT2D eigenvalue weighted by Gasteiger charge is 2.18. The van der Waals surface area contributed by atoms with Crippen LogP contribution < -0.4 is 4.31 Å². The normalized spacial score (nSPS) is 11.5. The molecule has 0 heterocycles. The van der Waals surface area contributed by atoms with Crippen molar-refractivity contribution in [2.45, 2.75) is 6.92 Å². The average molecular weight is 235 g/mol. The van der Waals surface area contributed by atoms with Crippen LogP contribution in [0.2, 0.25) is 0 Å². The monoisotopic (exact) mass is 235 g/mol. The Morgan fingerprint density at radius 1 is 1.33 bits per heavy atom. The second kappa shape index (κ2) is 4.14. The molecule has 1 aromatic rings. The van der Waals surface area contributed by atoms with Gasteiger partial charge >= 0.3 is 0 Å². The van der Waals surface area contributed by atoms with Gasteiger partial charge in [0.25, 0.3) is 0 Å². The van der Waals surface area contributed by atoms with Gasteiger partial charge in [-0.2, -0.15) is 0 Å². The molecule has 15 heavy (non-hydrogen) atoms. The van der Waals surface area contributed by atoms with Crippen molar-refractivity contribution in [3.8, 4) is 0 Å². The topological polar surface area (TPSA) is 37.4 Å². The Morgan fingerprint density at radius 3 is 2.33 bits per heavy atom. The summed E-state index contributed by atoms with van der Waals surface area (Å²) in [7, 11) is -3.53. The van der Waals surface area contributed by atoms with E-state index in [2.05, 4.69) is 0 Å². The largest absolute Gasteiger partial charge is 0.268 e. The van der Waals surface area contributed by atoms with Crippen molar-refractivity contribution in [1.29, 1.82) is 0 Å². The SMILES string of the molecule is CCN(c1ccc(F)cc1F)S(C)(=O)=O. The smallest absolute Gasteiger partial charge is 0.232 e. The Kier molecular flexibility index (Phi) is 3.28. The van der Waals surface area contributed by atoms with Crippen LogP contribution in [0.1, 0.15) is 6.92 Å². The van der Waals surface area contributed by atoms with Gasteiger partial charge in [0.05, 0.1) is 11.9 Å². The minimum atomic E-state index is -3.53. The van der Waals surface area contributed by atoms with Crippen LogP contribution in [0.5, 0.6) is 0 Å². The molecule has 0 unspecified atom stereocenters. The average Bonchev–Trinajstić information content (AvgIpc) is 2.07. The van der Waals surface area contributed by atoms with Crippen molar-refractivity contribution in [1.82, 2.24) is 0 Å². The van der Waals surface area contributed by atoms with Crippen LogP contribution in [0.15, 0.2) is 18.2 Å². The van der Waals surface area contributed by atoms with Crippen molar-refractivity contribution in [3.63, 3.8) is 0 Å². The first kappa shape index (κ1) is 11.9. The molecule has 0 amide bonds. The fraction of sp³-hybridized carbons (Fsp3) is 0.333. The lowest BCUT2D eigenvalue weighted by Gasteiger charge is -2.20. The van der Waals surface area contributed by atoms with Crippen LogP contribution in [0.3, 0.4) is 0 Å². The van der Waals surface area contributed by atoms with Gasteiger partial charge in [-0.25, -0.2) is 17.2 Å². The summed E-state index contributed by atoms with van der Waals surface area (Å²) in [5.41, 5.74) is -0.138. The van der Waals surface area contributed by atoms with Crippen molar-refractivity contribution in [3.05, 3.63) is 29.8 Å². The Labute approximate surface area is 87.4 Å². The Morgan fingerprint density at radius 2 is 1.93 bits per heavy atom. The maximum Gasteiger partial charge on any atom is 0.232 e. The molecule has 0 fully saturated rings. The summed E-state index contributed by atoms with van der Waals surface area (Å²) < 4.78 is 49.3. The number of benzene rings is 1. The first-order chi connectivity index (χ1) is 6.86. The van der Waals surface area contributed by atoms with Crippen LogP contribution in [0.4, 0.5) is 14.5 Å². The molecule has 0 bridgehead atoms. The van der Waals surface area contributed by atoms with Gasteiger partial charge in [0, 0.05) is 12.6 Å². The van der Waals surface area contributed by atoms with E-state index in [1.54, 1.807) is 6.92 Å². The molecule has 0 aliphatic carbocycles. The number of anilines is 1. The first-order valence-corrected chi connectivity index (χ1v) is 6.14. The van der Waals surface area contributed by atoms with Gasteiger partial charge in [-0.3, -0.25) is 4.31 Å². The molecule has 6 heteroatoms. The number of rotatable bonds is 3. The molecule has 0 saturated heterocycles. The van der Waals surface area contributed by atoms with Gasteiger partial charge in [0.15, 0.2) is 0 Å². The van der Waals surface area contributed by atoms with Gasteiger partial charge < -0.3 is 0 Å². The van der Waals surface area contributed by atoms with E-state index in [4.69, 9.17) is 0 Å². The van der Waals surface area contributed by atoms with E-state index in [9.17, 15) is 17.2 Å². The van der Waals surface area contributed by atoms with Crippen molar-refractivity contribution < 1.29 is 17.2 Å². The first-order valence-electron chi connectivity index (χ1n) is 4.29. The molecule has 0 aromatic heterocycles.